The SMILES string of the molecule is CC(C)Cc1cc(C(=O)N(C)CC2CCN(CCc3ccc(Cl)cc3)CC2)no1. The lowest BCUT2D eigenvalue weighted by molar-refractivity contribution is 0.0730. The predicted octanol–water partition coefficient (Wildman–Crippen LogP) is 4.55. The van der Waals surface area contributed by atoms with E-state index in [1.54, 1.807) is 11.0 Å². The zero-order valence-electron chi connectivity index (χ0n) is 17.7. The van der Waals surface area contributed by atoms with Gasteiger partial charge in [0.25, 0.3) is 5.91 Å². The first-order valence-corrected chi connectivity index (χ1v) is 11.0. The Kier molecular flexibility index (Phi) is 7.73. The molecule has 5 nitrogen and oxygen atoms in total. The van der Waals surface area contributed by atoms with Crippen molar-refractivity contribution in [2.75, 3.05) is 33.2 Å². The van der Waals surface area contributed by atoms with Crippen LogP contribution in [0.15, 0.2) is 34.9 Å². The number of aromatic nitrogens is 1. The van der Waals surface area contributed by atoms with Gasteiger partial charge in [-0.25, -0.2) is 0 Å². The van der Waals surface area contributed by atoms with Gasteiger partial charge >= 0.3 is 0 Å². The molecule has 1 aromatic heterocycles. The Balaban J connectivity index is 1.40. The summed E-state index contributed by atoms with van der Waals surface area (Å²) in [4.78, 5) is 17.0. The highest BCUT2D eigenvalue weighted by Crippen LogP contribution is 2.20. The number of hydrogen-bond acceptors (Lipinski definition) is 4. The van der Waals surface area contributed by atoms with Crippen LogP contribution in [0.1, 0.15) is 48.5 Å². The Bertz CT molecular complexity index is 780. The molecule has 1 amide bonds. The molecule has 158 valence electrons. The minimum atomic E-state index is -0.0473. The van der Waals surface area contributed by atoms with Crippen LogP contribution in [-0.4, -0.2) is 54.1 Å². The second-order valence-corrected chi connectivity index (χ2v) is 9.06. The minimum Gasteiger partial charge on any atom is -0.361 e. The van der Waals surface area contributed by atoms with Crippen LogP contribution in [0.25, 0.3) is 0 Å². The second-order valence-electron chi connectivity index (χ2n) is 8.62. The van der Waals surface area contributed by atoms with Crippen LogP contribution in [-0.2, 0) is 12.8 Å². The summed E-state index contributed by atoms with van der Waals surface area (Å²) < 4.78 is 5.31. The van der Waals surface area contributed by atoms with Gasteiger partial charge in [0, 0.05) is 37.6 Å². The average molecular weight is 418 g/mol. The van der Waals surface area contributed by atoms with E-state index >= 15 is 0 Å². The summed E-state index contributed by atoms with van der Waals surface area (Å²) in [5.41, 5.74) is 1.75. The van der Waals surface area contributed by atoms with Crippen molar-refractivity contribution in [3.8, 4) is 0 Å². The summed E-state index contributed by atoms with van der Waals surface area (Å²) in [6.45, 7) is 8.26. The number of carbonyl (C=O) groups is 1. The van der Waals surface area contributed by atoms with Crippen molar-refractivity contribution >= 4 is 17.5 Å². The van der Waals surface area contributed by atoms with E-state index in [1.807, 2.05) is 19.2 Å². The number of halogens is 1. The van der Waals surface area contributed by atoms with E-state index in [4.69, 9.17) is 16.1 Å². The maximum atomic E-state index is 12.6. The fourth-order valence-corrected chi connectivity index (χ4v) is 4.03. The number of rotatable bonds is 8. The van der Waals surface area contributed by atoms with Gasteiger partial charge in [-0.05, 0) is 61.9 Å². The van der Waals surface area contributed by atoms with Crippen LogP contribution >= 0.6 is 11.6 Å². The number of amides is 1. The summed E-state index contributed by atoms with van der Waals surface area (Å²) in [6.07, 6.45) is 4.09. The highest BCUT2D eigenvalue weighted by atomic mass is 35.5. The first-order valence-electron chi connectivity index (χ1n) is 10.6. The Morgan fingerprint density at radius 3 is 2.62 bits per heavy atom. The summed E-state index contributed by atoms with van der Waals surface area (Å²) in [6, 6.07) is 9.91. The zero-order valence-corrected chi connectivity index (χ0v) is 18.5. The summed E-state index contributed by atoms with van der Waals surface area (Å²) in [5, 5.41) is 4.76. The largest absolute Gasteiger partial charge is 0.361 e. The molecule has 29 heavy (non-hydrogen) atoms. The van der Waals surface area contributed by atoms with Gasteiger partial charge < -0.3 is 14.3 Å². The first-order chi connectivity index (χ1) is 13.9. The molecule has 0 spiro atoms. The summed E-state index contributed by atoms with van der Waals surface area (Å²) in [7, 11) is 1.87. The Morgan fingerprint density at radius 2 is 1.97 bits per heavy atom. The smallest absolute Gasteiger partial charge is 0.275 e. The molecule has 1 aromatic carbocycles. The maximum Gasteiger partial charge on any atom is 0.275 e. The molecule has 0 radical (unpaired) electrons. The fraction of sp³-hybridized carbons (Fsp3) is 0.565. The van der Waals surface area contributed by atoms with Crippen LogP contribution < -0.4 is 0 Å². The van der Waals surface area contributed by atoms with Crippen molar-refractivity contribution in [1.29, 1.82) is 0 Å². The molecule has 0 bridgehead atoms. The van der Waals surface area contributed by atoms with Gasteiger partial charge in [-0.2, -0.15) is 0 Å². The molecule has 0 atom stereocenters. The monoisotopic (exact) mass is 417 g/mol. The van der Waals surface area contributed by atoms with Gasteiger partial charge in [0.2, 0.25) is 0 Å². The van der Waals surface area contributed by atoms with E-state index in [0.717, 1.165) is 62.6 Å². The molecule has 0 N–H and O–H groups in total. The molecule has 1 aliphatic heterocycles. The van der Waals surface area contributed by atoms with Crippen LogP contribution in [0.5, 0.6) is 0 Å². The van der Waals surface area contributed by atoms with Crippen molar-refractivity contribution in [3.05, 3.63) is 52.4 Å². The standard InChI is InChI=1S/C23H32ClN3O2/c1-17(2)14-21-15-22(25-29-21)23(28)26(3)16-19-9-12-27(13-10-19)11-8-18-4-6-20(24)7-5-18/h4-7,15,17,19H,8-14,16H2,1-3H3. The molecule has 2 aromatic rings. The van der Waals surface area contributed by atoms with Gasteiger partial charge in [-0.3, -0.25) is 4.79 Å². The van der Waals surface area contributed by atoms with Crippen LogP contribution in [0, 0.1) is 11.8 Å². The van der Waals surface area contributed by atoms with Gasteiger partial charge in [0.15, 0.2) is 5.69 Å². The molecule has 0 unspecified atom stereocenters. The van der Waals surface area contributed by atoms with E-state index in [0.29, 0.717) is 17.5 Å². The third kappa shape index (κ3) is 6.58. The van der Waals surface area contributed by atoms with Crippen molar-refractivity contribution in [3.63, 3.8) is 0 Å². The van der Waals surface area contributed by atoms with Crippen LogP contribution in [0.3, 0.4) is 0 Å². The first kappa shape index (κ1) is 21.8. The number of likely N-dealkylation sites (tertiary alicyclic amines) is 1. The van der Waals surface area contributed by atoms with E-state index < -0.39 is 0 Å². The number of benzene rings is 1. The third-order valence-electron chi connectivity index (χ3n) is 5.60. The van der Waals surface area contributed by atoms with E-state index in [9.17, 15) is 4.79 Å². The van der Waals surface area contributed by atoms with Crippen LogP contribution in [0.2, 0.25) is 5.02 Å². The third-order valence-corrected chi connectivity index (χ3v) is 5.86. The van der Waals surface area contributed by atoms with Crippen molar-refractivity contribution in [1.82, 2.24) is 15.0 Å². The molecule has 0 saturated carbocycles. The van der Waals surface area contributed by atoms with Crippen LogP contribution in [0.4, 0.5) is 0 Å². The maximum absolute atomic E-state index is 12.6. The lowest BCUT2D eigenvalue weighted by atomic mass is 9.96. The lowest BCUT2D eigenvalue weighted by Gasteiger charge is -2.33. The zero-order chi connectivity index (χ0) is 20.8. The Morgan fingerprint density at radius 1 is 1.28 bits per heavy atom. The molecule has 1 saturated heterocycles. The van der Waals surface area contributed by atoms with Gasteiger partial charge in [0.05, 0.1) is 0 Å². The Hall–Kier alpha value is -1.85. The van der Waals surface area contributed by atoms with Gasteiger partial charge in [-0.1, -0.05) is 42.7 Å². The number of hydrogen-bond donors (Lipinski definition) is 0. The molecule has 1 fully saturated rings. The molecule has 2 heterocycles. The molecule has 0 aliphatic carbocycles. The van der Waals surface area contributed by atoms with Crippen molar-refractivity contribution in [2.24, 2.45) is 11.8 Å². The molecular weight excluding hydrogens is 386 g/mol. The Labute approximate surface area is 179 Å². The molecule has 6 heteroatoms. The van der Waals surface area contributed by atoms with E-state index in [1.165, 1.54) is 5.56 Å². The molecule has 1 aliphatic rings. The highest BCUT2D eigenvalue weighted by molar-refractivity contribution is 6.30. The molecular formula is C23H32ClN3O2. The highest BCUT2D eigenvalue weighted by Gasteiger charge is 2.24. The second kappa shape index (κ2) is 10.3. The average Bonchev–Trinajstić information content (AvgIpc) is 3.15. The number of nitrogens with zero attached hydrogens (tertiary/aromatic N) is 3. The molecule has 3 rings (SSSR count). The van der Waals surface area contributed by atoms with E-state index in [2.05, 4.69) is 36.0 Å². The van der Waals surface area contributed by atoms with Crippen molar-refractivity contribution in [2.45, 2.75) is 39.5 Å². The number of carbonyl (C=O) groups excluding carboxylic acids is 1. The quantitative estimate of drug-likeness (QED) is 0.632. The predicted molar refractivity (Wildman–Crippen MR) is 116 cm³/mol. The van der Waals surface area contributed by atoms with Crippen molar-refractivity contribution < 1.29 is 9.32 Å². The lowest BCUT2D eigenvalue weighted by Crippen LogP contribution is -2.40. The van der Waals surface area contributed by atoms with Gasteiger partial charge in [-0.15, -0.1) is 0 Å². The number of piperidine rings is 1. The summed E-state index contributed by atoms with van der Waals surface area (Å²) >= 11 is 5.95. The topological polar surface area (TPSA) is 49.6 Å². The van der Waals surface area contributed by atoms with E-state index in [-0.39, 0.29) is 5.91 Å². The summed E-state index contributed by atoms with van der Waals surface area (Å²) in [5.74, 6) is 1.76. The normalized spacial score (nSPS) is 15.8. The van der Waals surface area contributed by atoms with Gasteiger partial charge in [0.1, 0.15) is 5.76 Å². The fourth-order valence-electron chi connectivity index (χ4n) is 3.91. The minimum absolute atomic E-state index is 0.0473.